The lowest BCUT2D eigenvalue weighted by Crippen LogP contribution is -2.21. The maximum atomic E-state index is 11.5. The molecule has 0 saturated heterocycles. The van der Waals surface area contributed by atoms with Crippen LogP contribution in [0.25, 0.3) is 0 Å². The highest BCUT2D eigenvalue weighted by molar-refractivity contribution is 5.88. The van der Waals surface area contributed by atoms with E-state index < -0.39 is 5.41 Å². The molecular weight excluding hydrogens is 148 g/mol. The number of carbonyl (C=O) groups is 1. The van der Waals surface area contributed by atoms with Gasteiger partial charge >= 0.3 is 0 Å². The van der Waals surface area contributed by atoms with Gasteiger partial charge in [-0.05, 0) is 27.7 Å². The van der Waals surface area contributed by atoms with Gasteiger partial charge in [0.15, 0.2) is 5.78 Å². The standard InChI is InChI=1S/C11H16O/c1-5-7-8-10(12)11(3,4)9-6-2/h5,7H,8H2,1-4H3/b7-5+. The number of allylic oxidation sites excluding steroid dienone is 2. The molecule has 0 aliphatic heterocycles. The molecule has 0 unspecified atom stereocenters. The van der Waals surface area contributed by atoms with Crippen LogP contribution in [0.4, 0.5) is 0 Å². The molecule has 0 aromatic rings. The fraction of sp³-hybridized carbons (Fsp3) is 0.545. The Morgan fingerprint density at radius 3 is 2.50 bits per heavy atom. The monoisotopic (exact) mass is 164 g/mol. The summed E-state index contributed by atoms with van der Waals surface area (Å²) in [5.41, 5.74) is -0.492. The van der Waals surface area contributed by atoms with E-state index in [0.29, 0.717) is 6.42 Å². The smallest absolute Gasteiger partial charge is 0.154 e. The molecule has 1 heteroatoms. The SMILES string of the molecule is CC#CC(C)(C)C(=O)C/C=C/C. The lowest BCUT2D eigenvalue weighted by Gasteiger charge is -2.14. The van der Waals surface area contributed by atoms with Crippen molar-refractivity contribution in [1.82, 2.24) is 0 Å². The number of hydrogen-bond donors (Lipinski definition) is 0. The minimum absolute atomic E-state index is 0.176. The van der Waals surface area contributed by atoms with Crippen molar-refractivity contribution in [2.75, 3.05) is 0 Å². The van der Waals surface area contributed by atoms with Crippen LogP contribution in [0.3, 0.4) is 0 Å². The largest absolute Gasteiger partial charge is 0.298 e. The first-order valence-corrected chi connectivity index (χ1v) is 4.13. The zero-order valence-electron chi connectivity index (χ0n) is 8.27. The summed E-state index contributed by atoms with van der Waals surface area (Å²) >= 11 is 0. The van der Waals surface area contributed by atoms with E-state index in [1.807, 2.05) is 32.9 Å². The second-order valence-electron chi connectivity index (χ2n) is 3.20. The first-order chi connectivity index (χ1) is 5.54. The van der Waals surface area contributed by atoms with Crippen molar-refractivity contribution in [3.8, 4) is 11.8 Å². The van der Waals surface area contributed by atoms with Crippen LogP contribution in [-0.2, 0) is 4.79 Å². The highest BCUT2D eigenvalue weighted by Gasteiger charge is 2.22. The molecule has 0 aromatic heterocycles. The van der Waals surface area contributed by atoms with Crippen LogP contribution < -0.4 is 0 Å². The third-order valence-electron chi connectivity index (χ3n) is 1.67. The average molecular weight is 164 g/mol. The Morgan fingerprint density at radius 2 is 2.08 bits per heavy atom. The van der Waals surface area contributed by atoms with Gasteiger partial charge < -0.3 is 0 Å². The van der Waals surface area contributed by atoms with Crippen molar-refractivity contribution in [3.63, 3.8) is 0 Å². The van der Waals surface area contributed by atoms with Gasteiger partial charge in [0.1, 0.15) is 0 Å². The van der Waals surface area contributed by atoms with Crippen molar-refractivity contribution in [1.29, 1.82) is 0 Å². The Morgan fingerprint density at radius 1 is 1.50 bits per heavy atom. The molecule has 0 spiro atoms. The van der Waals surface area contributed by atoms with Crippen LogP contribution in [0.1, 0.15) is 34.1 Å². The maximum absolute atomic E-state index is 11.5. The van der Waals surface area contributed by atoms with E-state index in [4.69, 9.17) is 0 Å². The van der Waals surface area contributed by atoms with Crippen molar-refractivity contribution in [2.24, 2.45) is 5.41 Å². The van der Waals surface area contributed by atoms with Crippen LogP contribution in [0.15, 0.2) is 12.2 Å². The van der Waals surface area contributed by atoms with Crippen LogP contribution in [0.5, 0.6) is 0 Å². The molecule has 0 N–H and O–H groups in total. The second kappa shape index (κ2) is 4.77. The zero-order chi connectivity index (χ0) is 9.61. The third kappa shape index (κ3) is 3.39. The summed E-state index contributed by atoms with van der Waals surface area (Å²) < 4.78 is 0. The summed E-state index contributed by atoms with van der Waals surface area (Å²) in [7, 11) is 0. The molecule has 0 heterocycles. The Labute approximate surface area is 74.9 Å². The van der Waals surface area contributed by atoms with E-state index >= 15 is 0 Å². The average Bonchev–Trinajstić information content (AvgIpc) is 2.00. The number of ketones is 1. The maximum Gasteiger partial charge on any atom is 0.154 e. The first-order valence-electron chi connectivity index (χ1n) is 4.13. The molecule has 0 radical (unpaired) electrons. The summed E-state index contributed by atoms with van der Waals surface area (Å²) in [5.74, 6) is 5.84. The first kappa shape index (κ1) is 11.0. The van der Waals surface area contributed by atoms with E-state index in [2.05, 4.69) is 11.8 Å². The summed E-state index contributed by atoms with van der Waals surface area (Å²) in [6.07, 6.45) is 4.23. The van der Waals surface area contributed by atoms with E-state index in [1.165, 1.54) is 0 Å². The van der Waals surface area contributed by atoms with Gasteiger partial charge in [-0.1, -0.05) is 18.1 Å². The number of carbonyl (C=O) groups excluding carboxylic acids is 1. The Hall–Kier alpha value is -1.03. The fourth-order valence-corrected chi connectivity index (χ4v) is 0.862. The molecular formula is C11H16O. The Bertz CT molecular complexity index is 235. The fourth-order valence-electron chi connectivity index (χ4n) is 0.862. The molecule has 0 aromatic carbocycles. The van der Waals surface area contributed by atoms with Crippen LogP contribution in [-0.4, -0.2) is 5.78 Å². The van der Waals surface area contributed by atoms with Gasteiger partial charge in [0.2, 0.25) is 0 Å². The number of hydrogen-bond acceptors (Lipinski definition) is 1. The van der Waals surface area contributed by atoms with Gasteiger partial charge in [-0.2, -0.15) is 0 Å². The summed E-state index contributed by atoms with van der Waals surface area (Å²) in [6.45, 7) is 7.38. The van der Waals surface area contributed by atoms with Crippen molar-refractivity contribution >= 4 is 5.78 Å². The van der Waals surface area contributed by atoms with Crippen molar-refractivity contribution in [3.05, 3.63) is 12.2 Å². The molecule has 12 heavy (non-hydrogen) atoms. The lowest BCUT2D eigenvalue weighted by molar-refractivity contribution is -0.123. The summed E-state index contributed by atoms with van der Waals surface area (Å²) in [5, 5.41) is 0. The normalized spacial score (nSPS) is 11.0. The molecule has 0 fully saturated rings. The Balaban J connectivity index is 4.32. The predicted octanol–water partition coefficient (Wildman–Crippen LogP) is 2.57. The van der Waals surface area contributed by atoms with E-state index in [1.54, 1.807) is 6.92 Å². The van der Waals surface area contributed by atoms with Crippen LogP contribution in [0.2, 0.25) is 0 Å². The summed E-state index contributed by atoms with van der Waals surface area (Å²) in [6, 6.07) is 0. The molecule has 0 aliphatic carbocycles. The number of rotatable bonds is 3. The highest BCUT2D eigenvalue weighted by Crippen LogP contribution is 2.17. The molecule has 0 bridgehead atoms. The van der Waals surface area contributed by atoms with Crippen LogP contribution in [0, 0.1) is 17.3 Å². The zero-order valence-corrected chi connectivity index (χ0v) is 8.27. The minimum atomic E-state index is -0.492. The molecule has 1 nitrogen and oxygen atoms in total. The summed E-state index contributed by atoms with van der Waals surface area (Å²) in [4.78, 5) is 11.5. The molecule has 0 amide bonds. The molecule has 0 aliphatic rings. The van der Waals surface area contributed by atoms with Gasteiger partial charge in [0.25, 0.3) is 0 Å². The van der Waals surface area contributed by atoms with E-state index in [9.17, 15) is 4.79 Å². The molecule has 0 rings (SSSR count). The second-order valence-corrected chi connectivity index (χ2v) is 3.20. The quantitative estimate of drug-likeness (QED) is 0.463. The van der Waals surface area contributed by atoms with Gasteiger partial charge in [-0.15, -0.1) is 5.92 Å². The lowest BCUT2D eigenvalue weighted by atomic mass is 9.87. The minimum Gasteiger partial charge on any atom is -0.298 e. The predicted molar refractivity (Wildman–Crippen MR) is 51.7 cm³/mol. The van der Waals surface area contributed by atoms with E-state index in [0.717, 1.165) is 0 Å². The van der Waals surface area contributed by atoms with Gasteiger partial charge in [0.05, 0.1) is 5.41 Å². The van der Waals surface area contributed by atoms with Crippen LogP contribution >= 0.6 is 0 Å². The highest BCUT2D eigenvalue weighted by atomic mass is 16.1. The van der Waals surface area contributed by atoms with Gasteiger partial charge in [-0.25, -0.2) is 0 Å². The molecule has 0 saturated carbocycles. The third-order valence-corrected chi connectivity index (χ3v) is 1.67. The number of Topliss-reactive ketones (excluding diaryl/α,β-unsaturated/α-hetero) is 1. The van der Waals surface area contributed by atoms with Crippen molar-refractivity contribution in [2.45, 2.75) is 34.1 Å². The Kier molecular flexibility index (Phi) is 4.36. The van der Waals surface area contributed by atoms with Gasteiger partial charge in [-0.3, -0.25) is 4.79 Å². The molecule has 0 atom stereocenters. The molecule has 66 valence electrons. The van der Waals surface area contributed by atoms with E-state index in [-0.39, 0.29) is 5.78 Å². The van der Waals surface area contributed by atoms with Gasteiger partial charge in [0, 0.05) is 6.42 Å². The topological polar surface area (TPSA) is 17.1 Å². The van der Waals surface area contributed by atoms with Crippen molar-refractivity contribution < 1.29 is 4.79 Å².